The van der Waals surface area contributed by atoms with Crippen molar-refractivity contribution in [2.24, 2.45) is 5.92 Å². The average Bonchev–Trinajstić information content (AvgIpc) is 2.91. The molecular weight excluding hydrogens is 290 g/mol. The van der Waals surface area contributed by atoms with E-state index in [-0.39, 0.29) is 12.5 Å². The second kappa shape index (κ2) is 6.55. The van der Waals surface area contributed by atoms with Gasteiger partial charge in [-0.1, -0.05) is 6.07 Å². The van der Waals surface area contributed by atoms with Gasteiger partial charge in [0.15, 0.2) is 11.5 Å². The Morgan fingerprint density at radius 2 is 1.91 bits per heavy atom. The Balaban J connectivity index is 2.11. The summed E-state index contributed by atoms with van der Waals surface area (Å²) in [4.78, 5) is 23.3. The molecule has 1 aliphatic heterocycles. The molecule has 2 rings (SSSR count). The van der Waals surface area contributed by atoms with E-state index in [1.54, 1.807) is 20.3 Å². The molecule has 1 amide bonds. The molecule has 0 aliphatic carbocycles. The quantitative estimate of drug-likeness (QED) is 0.859. The molecule has 0 bridgehead atoms. The molecular formula is C15H19NO6. The van der Waals surface area contributed by atoms with Gasteiger partial charge in [-0.05, 0) is 36.5 Å². The fourth-order valence-corrected chi connectivity index (χ4v) is 2.86. The van der Waals surface area contributed by atoms with Crippen LogP contribution < -0.4 is 9.47 Å². The smallest absolute Gasteiger partial charge is 0.408 e. The summed E-state index contributed by atoms with van der Waals surface area (Å²) in [5.41, 5.74) is 0.957. The number of methoxy groups -OCH3 is 2. The lowest BCUT2D eigenvalue weighted by Crippen LogP contribution is -2.39. The first kappa shape index (κ1) is 15.9. The van der Waals surface area contributed by atoms with Crippen LogP contribution in [0.2, 0.25) is 0 Å². The second-order valence-corrected chi connectivity index (χ2v) is 5.28. The minimum atomic E-state index is -1.19. The third-order valence-corrected chi connectivity index (χ3v) is 3.89. The lowest BCUT2D eigenvalue weighted by atomic mass is 9.96. The highest BCUT2D eigenvalue weighted by Gasteiger charge is 2.39. The maximum atomic E-state index is 11.2. The summed E-state index contributed by atoms with van der Waals surface area (Å²) in [6.45, 7) is 0.223. The normalized spacial score (nSPS) is 20.7. The highest BCUT2D eigenvalue weighted by molar-refractivity contribution is 5.80. The number of carboxylic acid groups (broad SMARTS) is 2. The Kier molecular flexibility index (Phi) is 4.75. The van der Waals surface area contributed by atoms with Gasteiger partial charge in [0, 0.05) is 6.54 Å². The van der Waals surface area contributed by atoms with Crippen molar-refractivity contribution in [1.29, 1.82) is 0 Å². The molecule has 0 saturated carbocycles. The van der Waals surface area contributed by atoms with E-state index in [4.69, 9.17) is 19.7 Å². The summed E-state index contributed by atoms with van der Waals surface area (Å²) in [5.74, 6) is 0.0867. The number of ether oxygens (including phenoxy) is 2. The highest BCUT2D eigenvalue weighted by atomic mass is 16.5. The number of rotatable bonds is 5. The maximum absolute atomic E-state index is 11.2. The number of carbonyl (C=O) groups is 2. The summed E-state index contributed by atoms with van der Waals surface area (Å²) < 4.78 is 10.4. The third-order valence-electron chi connectivity index (χ3n) is 3.89. The number of amides is 1. The van der Waals surface area contributed by atoms with Crippen LogP contribution in [-0.4, -0.2) is 54.0 Å². The van der Waals surface area contributed by atoms with Gasteiger partial charge < -0.3 is 19.7 Å². The maximum Gasteiger partial charge on any atom is 0.408 e. The van der Waals surface area contributed by atoms with E-state index in [0.29, 0.717) is 24.3 Å². The molecule has 0 spiro atoms. The predicted molar refractivity (Wildman–Crippen MR) is 77.5 cm³/mol. The van der Waals surface area contributed by atoms with Crippen molar-refractivity contribution >= 4 is 12.1 Å². The monoisotopic (exact) mass is 309 g/mol. The van der Waals surface area contributed by atoms with Gasteiger partial charge in [0.25, 0.3) is 0 Å². The number of carboxylic acids is 1. The van der Waals surface area contributed by atoms with Gasteiger partial charge in [-0.3, -0.25) is 4.90 Å². The van der Waals surface area contributed by atoms with E-state index in [9.17, 15) is 9.59 Å². The SMILES string of the molecule is COc1ccc(CC2C[C@@H](C(=O)O)N(C(=O)O)C2)cc1OC. The fourth-order valence-electron chi connectivity index (χ4n) is 2.86. The van der Waals surface area contributed by atoms with E-state index in [1.807, 2.05) is 12.1 Å². The van der Waals surface area contributed by atoms with Gasteiger partial charge in [-0.2, -0.15) is 0 Å². The van der Waals surface area contributed by atoms with E-state index in [1.165, 1.54) is 0 Å². The van der Waals surface area contributed by atoms with Crippen LogP contribution in [0.4, 0.5) is 4.79 Å². The summed E-state index contributed by atoms with van der Waals surface area (Å²) >= 11 is 0. The standard InChI is InChI=1S/C15H19NO6/c1-21-12-4-3-9(7-13(12)22-2)5-10-6-11(14(17)18)16(8-10)15(19)20/h3-4,7,10-11H,5-6,8H2,1-2H3,(H,17,18)(H,19,20)/t10?,11-/m0/s1. The van der Waals surface area contributed by atoms with Crippen molar-refractivity contribution in [3.8, 4) is 11.5 Å². The Hall–Kier alpha value is -2.44. The predicted octanol–water partition coefficient (Wildman–Crippen LogP) is 1.70. The van der Waals surface area contributed by atoms with E-state index in [2.05, 4.69) is 0 Å². The van der Waals surface area contributed by atoms with Crippen molar-refractivity contribution in [2.45, 2.75) is 18.9 Å². The van der Waals surface area contributed by atoms with E-state index < -0.39 is 18.1 Å². The van der Waals surface area contributed by atoms with Crippen LogP contribution in [0.5, 0.6) is 11.5 Å². The van der Waals surface area contributed by atoms with Crippen molar-refractivity contribution in [1.82, 2.24) is 4.90 Å². The van der Waals surface area contributed by atoms with Crippen LogP contribution in [0.1, 0.15) is 12.0 Å². The molecule has 1 unspecified atom stereocenters. The molecule has 22 heavy (non-hydrogen) atoms. The molecule has 7 nitrogen and oxygen atoms in total. The molecule has 0 aromatic heterocycles. The summed E-state index contributed by atoms with van der Waals surface area (Å²) in [7, 11) is 3.10. The molecule has 0 radical (unpaired) electrons. The number of aliphatic carboxylic acids is 1. The summed E-state index contributed by atoms with van der Waals surface area (Å²) in [6, 6.07) is 4.52. The molecule has 2 N–H and O–H groups in total. The summed E-state index contributed by atoms with van der Waals surface area (Å²) in [6.07, 6.45) is -0.286. The first-order valence-electron chi connectivity index (χ1n) is 6.89. The van der Waals surface area contributed by atoms with Crippen LogP contribution in [0.25, 0.3) is 0 Å². The molecule has 1 fully saturated rings. The molecule has 7 heteroatoms. The van der Waals surface area contributed by atoms with Crippen LogP contribution in [0.15, 0.2) is 18.2 Å². The Bertz CT molecular complexity index is 551. The molecule has 120 valence electrons. The average molecular weight is 309 g/mol. The Labute approximate surface area is 128 Å². The van der Waals surface area contributed by atoms with E-state index in [0.717, 1.165) is 10.5 Å². The second-order valence-electron chi connectivity index (χ2n) is 5.28. The van der Waals surface area contributed by atoms with Crippen molar-refractivity contribution < 1.29 is 29.3 Å². The van der Waals surface area contributed by atoms with E-state index >= 15 is 0 Å². The third kappa shape index (κ3) is 3.24. The fraction of sp³-hybridized carbons (Fsp3) is 0.467. The molecule has 1 aliphatic rings. The zero-order valence-corrected chi connectivity index (χ0v) is 12.5. The largest absolute Gasteiger partial charge is 0.493 e. The van der Waals surface area contributed by atoms with Crippen molar-refractivity contribution in [2.75, 3.05) is 20.8 Å². The number of hydrogen-bond donors (Lipinski definition) is 2. The van der Waals surface area contributed by atoms with Gasteiger partial charge >= 0.3 is 12.1 Å². The number of benzene rings is 1. The lowest BCUT2D eigenvalue weighted by molar-refractivity contribution is -0.141. The highest BCUT2D eigenvalue weighted by Crippen LogP contribution is 2.31. The van der Waals surface area contributed by atoms with Gasteiger partial charge in [-0.15, -0.1) is 0 Å². The van der Waals surface area contributed by atoms with Crippen LogP contribution in [0.3, 0.4) is 0 Å². The first-order valence-corrected chi connectivity index (χ1v) is 6.89. The zero-order chi connectivity index (χ0) is 16.3. The van der Waals surface area contributed by atoms with Gasteiger partial charge in [0.05, 0.1) is 14.2 Å². The molecule has 1 saturated heterocycles. The minimum absolute atomic E-state index is 0.0321. The van der Waals surface area contributed by atoms with Crippen LogP contribution in [0, 0.1) is 5.92 Å². The first-order chi connectivity index (χ1) is 10.5. The Morgan fingerprint density at radius 1 is 1.23 bits per heavy atom. The molecule has 2 atom stereocenters. The van der Waals surface area contributed by atoms with Gasteiger partial charge in [-0.25, -0.2) is 9.59 Å². The van der Waals surface area contributed by atoms with Gasteiger partial charge in [0.1, 0.15) is 6.04 Å². The van der Waals surface area contributed by atoms with Crippen molar-refractivity contribution in [3.63, 3.8) is 0 Å². The topological polar surface area (TPSA) is 96.3 Å². The van der Waals surface area contributed by atoms with Crippen LogP contribution in [-0.2, 0) is 11.2 Å². The number of nitrogens with zero attached hydrogens (tertiary/aromatic N) is 1. The summed E-state index contributed by atoms with van der Waals surface area (Å²) in [5, 5.41) is 18.2. The van der Waals surface area contributed by atoms with Gasteiger partial charge in [0.2, 0.25) is 0 Å². The zero-order valence-electron chi connectivity index (χ0n) is 12.5. The minimum Gasteiger partial charge on any atom is -0.493 e. The van der Waals surface area contributed by atoms with Crippen molar-refractivity contribution in [3.05, 3.63) is 23.8 Å². The lowest BCUT2D eigenvalue weighted by Gasteiger charge is -2.17. The number of likely N-dealkylation sites (tertiary alicyclic amines) is 1. The molecule has 1 aromatic carbocycles. The molecule has 1 aromatic rings. The number of hydrogen-bond acceptors (Lipinski definition) is 4. The molecule has 1 heterocycles. The Morgan fingerprint density at radius 3 is 2.41 bits per heavy atom. The van der Waals surface area contributed by atoms with Crippen LogP contribution >= 0.6 is 0 Å².